The van der Waals surface area contributed by atoms with Crippen molar-refractivity contribution in [2.45, 2.75) is 90.0 Å². The molecule has 0 aliphatic carbocycles. The molecule has 8 amide bonds. The number of carbonyl (C=O) groups is 10. The largest absolute Gasteiger partial charge is 0.467 e. The van der Waals surface area contributed by atoms with Crippen molar-refractivity contribution >= 4 is 70.3 Å². The fourth-order valence-electron chi connectivity index (χ4n) is 11.8. The molecule has 0 unspecified atom stereocenters. The number of ether oxygens (including phenoxy) is 4. The number of halogens is 2. The minimum atomic E-state index is -1.09. The first-order valence-electron chi connectivity index (χ1n) is 32.6. The highest BCUT2D eigenvalue weighted by Gasteiger charge is 2.32. The number of esters is 2. The van der Waals surface area contributed by atoms with Crippen molar-refractivity contribution in [3.63, 3.8) is 0 Å². The Morgan fingerprint density at radius 1 is 0.400 bits per heavy atom. The zero-order valence-corrected chi connectivity index (χ0v) is 55.0. The summed E-state index contributed by atoms with van der Waals surface area (Å²) < 4.78 is 47.7. The first-order valence-corrected chi connectivity index (χ1v) is 32.6. The normalized spacial score (nSPS) is 12.6. The molecule has 2 aliphatic rings. The molecular formula is C76H74F2N8O14. The monoisotopic (exact) mass is 1360 g/mol. The lowest BCUT2D eigenvalue weighted by Crippen LogP contribution is -2.42. The minimum Gasteiger partial charge on any atom is -0.467 e. The highest BCUT2D eigenvalue weighted by atomic mass is 19.1. The maximum Gasteiger partial charge on any atom is 0.408 e. The van der Waals surface area contributed by atoms with Gasteiger partial charge < -0.3 is 60.6 Å². The zero-order valence-electron chi connectivity index (χ0n) is 55.0. The van der Waals surface area contributed by atoms with E-state index in [0.717, 1.165) is 22.3 Å². The topological polar surface area (TPSA) is 286 Å². The predicted octanol–water partition coefficient (Wildman–Crippen LogP) is 9.33. The van der Waals surface area contributed by atoms with Gasteiger partial charge in [0, 0.05) is 63.5 Å². The molecule has 8 aromatic rings. The predicted molar refractivity (Wildman–Crippen MR) is 363 cm³/mol. The van der Waals surface area contributed by atoms with E-state index in [0.29, 0.717) is 57.0 Å². The van der Waals surface area contributed by atoms with E-state index in [9.17, 15) is 56.7 Å². The van der Waals surface area contributed by atoms with Gasteiger partial charge in [0.2, 0.25) is 0 Å². The molecule has 0 fully saturated rings. The fraction of sp³-hybridized carbons (Fsp3) is 0.263. The lowest BCUT2D eigenvalue weighted by Gasteiger charge is -2.17. The molecule has 6 N–H and O–H groups in total. The summed E-state index contributed by atoms with van der Waals surface area (Å²) in [5.74, 6) is -5.21. The molecule has 24 heteroatoms. The van der Waals surface area contributed by atoms with Gasteiger partial charge in [0.15, 0.2) is 0 Å². The SMILES string of the molecule is COC(=O)[C@H](CCCNC(=O)c1cc2c(cc1C(=O)NCCc1ccc(F)cc1)CN(C(=O)c1ccc3cc(C(=O)N4Cc5cc(C(=O)NCCC[C@H](NC(=O)OCc6ccccc6)C(=O)OC)c(C(=O)NCCc6ccc(F)cc6)cc5C4)ccc3c1)C2)NC(=O)OCc1ccccc1. The summed E-state index contributed by atoms with van der Waals surface area (Å²) in [6.07, 6.45) is -0.372. The molecule has 0 spiro atoms. The molecule has 22 nitrogen and oxygen atoms in total. The molecule has 516 valence electrons. The van der Waals surface area contributed by atoms with Crippen molar-refractivity contribution < 1.29 is 75.7 Å². The number of hydrogen-bond donors (Lipinski definition) is 6. The van der Waals surface area contributed by atoms with Crippen LogP contribution in [0, 0.1) is 11.6 Å². The van der Waals surface area contributed by atoms with Crippen LogP contribution < -0.4 is 31.9 Å². The molecule has 8 aromatic carbocycles. The van der Waals surface area contributed by atoms with E-state index in [-0.39, 0.29) is 125 Å². The van der Waals surface area contributed by atoms with E-state index < -0.39 is 71.5 Å². The van der Waals surface area contributed by atoms with Crippen molar-refractivity contribution in [3.8, 4) is 0 Å². The highest BCUT2D eigenvalue weighted by Crippen LogP contribution is 2.32. The van der Waals surface area contributed by atoms with Crippen LogP contribution in [0.3, 0.4) is 0 Å². The Morgan fingerprint density at radius 3 is 1.06 bits per heavy atom. The number of nitrogens with one attached hydrogen (secondary N) is 6. The summed E-state index contributed by atoms with van der Waals surface area (Å²) in [5, 5.41) is 17.7. The van der Waals surface area contributed by atoms with Gasteiger partial charge in [-0.2, -0.15) is 0 Å². The Balaban J connectivity index is 0.785. The lowest BCUT2D eigenvalue weighted by atomic mass is 9.98. The number of carbonyl (C=O) groups excluding carboxylic acids is 10. The van der Waals surface area contributed by atoms with Gasteiger partial charge >= 0.3 is 24.1 Å². The zero-order chi connectivity index (χ0) is 70.7. The first kappa shape index (κ1) is 71.0. The van der Waals surface area contributed by atoms with Crippen LogP contribution in [0.5, 0.6) is 0 Å². The van der Waals surface area contributed by atoms with E-state index in [1.54, 1.807) is 143 Å². The van der Waals surface area contributed by atoms with Gasteiger partial charge in [0.05, 0.1) is 36.5 Å². The second-order valence-corrected chi connectivity index (χ2v) is 24.1. The average molecular weight is 1360 g/mol. The van der Waals surface area contributed by atoms with Crippen LogP contribution in [0.25, 0.3) is 10.8 Å². The molecule has 2 heterocycles. The summed E-state index contributed by atoms with van der Waals surface area (Å²) in [6, 6.07) is 44.1. The lowest BCUT2D eigenvalue weighted by molar-refractivity contribution is -0.144. The van der Waals surface area contributed by atoms with Crippen LogP contribution in [0.4, 0.5) is 18.4 Å². The van der Waals surface area contributed by atoms with Crippen LogP contribution in [0.15, 0.2) is 170 Å². The van der Waals surface area contributed by atoms with Crippen molar-refractivity contribution in [2.24, 2.45) is 0 Å². The number of benzene rings is 8. The van der Waals surface area contributed by atoms with Gasteiger partial charge in [-0.1, -0.05) is 97.1 Å². The third-order valence-electron chi connectivity index (χ3n) is 17.1. The Morgan fingerprint density at radius 2 is 0.730 bits per heavy atom. The number of rotatable bonds is 28. The number of alkyl carbamates (subject to hydrolysis) is 2. The smallest absolute Gasteiger partial charge is 0.408 e. The maximum atomic E-state index is 14.4. The van der Waals surface area contributed by atoms with Crippen LogP contribution in [0.1, 0.15) is 132 Å². The minimum absolute atomic E-state index is 0.0253. The van der Waals surface area contributed by atoms with Crippen LogP contribution >= 0.6 is 0 Å². The first-order chi connectivity index (χ1) is 48.4. The summed E-state index contributed by atoms with van der Waals surface area (Å²) in [4.78, 5) is 139. The standard InChI is InChI=1S/C76H74F2N8O14/c1-97-73(93)65(83-75(95)99-45-49-11-5-3-6-12-49)15-9-31-79-67(87)61-37-55-41-85(43-57(55)39-63(61)69(89)81-33-29-47-17-25-59(77)26-18-47)71(91)53-23-21-52-36-54(24-22-51(52)35-53)72(92)86-42-56-38-62(64(40-58(56)44-86)70(90)82-34-30-48-19-27-60(78)28-20-48)68(88)80-32-10-16-66(74(94)98-2)84-76(96)100-46-50-13-7-4-8-14-50/h3-8,11-14,17-28,35-40,65-66H,9-10,15-16,29-34,41-46H2,1-2H3,(H,79,87)(H,80,88)(H,81,89)(H,82,90)(H,83,95)(H,84,96)/t65-,66-/m0/s1. The fourth-order valence-corrected chi connectivity index (χ4v) is 11.8. The van der Waals surface area contributed by atoms with Gasteiger partial charge in [0.25, 0.3) is 35.4 Å². The Bertz CT molecular complexity index is 4080. The molecule has 2 aliphatic heterocycles. The van der Waals surface area contributed by atoms with E-state index in [1.165, 1.54) is 38.5 Å². The molecule has 0 saturated carbocycles. The number of methoxy groups -OCH3 is 2. The van der Waals surface area contributed by atoms with Gasteiger partial charge in [0.1, 0.15) is 36.9 Å². The van der Waals surface area contributed by atoms with Gasteiger partial charge in [-0.3, -0.25) is 28.8 Å². The van der Waals surface area contributed by atoms with Gasteiger partial charge in [-0.15, -0.1) is 0 Å². The summed E-state index contributed by atoms with van der Waals surface area (Å²) in [5.41, 5.74) is 6.44. The second kappa shape index (κ2) is 33.9. The molecule has 10 rings (SSSR count). The van der Waals surface area contributed by atoms with Gasteiger partial charge in [-0.25, -0.2) is 28.0 Å². The molecule has 2 atom stereocenters. The summed E-state index contributed by atoms with van der Waals surface area (Å²) in [7, 11) is 2.37. The Hall–Kier alpha value is -11.8. The number of fused-ring (bicyclic) bond motifs is 3. The quantitative estimate of drug-likeness (QED) is 0.0151. The van der Waals surface area contributed by atoms with Crippen molar-refractivity contribution in [1.82, 2.24) is 41.7 Å². The van der Waals surface area contributed by atoms with Crippen LogP contribution in [0.2, 0.25) is 0 Å². The molecule has 0 saturated heterocycles. The van der Waals surface area contributed by atoms with Crippen LogP contribution in [-0.4, -0.2) is 122 Å². The third kappa shape index (κ3) is 18.8. The third-order valence-corrected chi connectivity index (χ3v) is 17.1. The molecular weight excluding hydrogens is 1290 g/mol. The Kier molecular flexibility index (Phi) is 24.1. The summed E-state index contributed by atoms with van der Waals surface area (Å²) in [6.45, 7) is 0.742. The number of amides is 8. The van der Waals surface area contributed by atoms with E-state index in [4.69, 9.17) is 18.9 Å². The summed E-state index contributed by atoms with van der Waals surface area (Å²) >= 11 is 0. The highest BCUT2D eigenvalue weighted by molar-refractivity contribution is 6.09. The van der Waals surface area contributed by atoms with Crippen molar-refractivity contribution in [1.29, 1.82) is 0 Å². The number of hydrogen-bond acceptors (Lipinski definition) is 14. The maximum absolute atomic E-state index is 14.4. The molecule has 0 bridgehead atoms. The van der Waals surface area contributed by atoms with E-state index in [1.807, 2.05) is 12.1 Å². The van der Waals surface area contributed by atoms with Crippen molar-refractivity contribution in [3.05, 3.63) is 259 Å². The average Bonchev–Trinajstić information content (AvgIpc) is 1.60. The van der Waals surface area contributed by atoms with Crippen molar-refractivity contribution in [2.75, 3.05) is 40.4 Å². The van der Waals surface area contributed by atoms with Crippen LogP contribution in [-0.2, 0) is 80.8 Å². The Labute approximate surface area is 575 Å². The molecule has 0 aromatic heterocycles. The molecule has 0 radical (unpaired) electrons. The van der Waals surface area contributed by atoms with Gasteiger partial charge in [-0.05, 0) is 167 Å². The number of nitrogens with zero attached hydrogens (tertiary/aromatic N) is 2. The second-order valence-electron chi connectivity index (χ2n) is 24.1. The van der Waals surface area contributed by atoms with E-state index in [2.05, 4.69) is 31.9 Å². The molecule has 100 heavy (non-hydrogen) atoms. The van der Waals surface area contributed by atoms with E-state index >= 15 is 0 Å².